The second kappa shape index (κ2) is 11.3. The van der Waals surface area contributed by atoms with Crippen LogP contribution in [0.25, 0.3) is 0 Å². The molecule has 1 fully saturated rings. The van der Waals surface area contributed by atoms with Gasteiger partial charge in [0.15, 0.2) is 12.4 Å². The van der Waals surface area contributed by atoms with Gasteiger partial charge in [-0.1, -0.05) is 37.8 Å². The third-order valence-corrected chi connectivity index (χ3v) is 5.18. The Bertz CT molecular complexity index is 1200. The van der Waals surface area contributed by atoms with Crippen molar-refractivity contribution in [3.63, 3.8) is 0 Å². The summed E-state index contributed by atoms with van der Waals surface area (Å²) in [6.45, 7) is 6.24. The Morgan fingerprint density at radius 3 is 2.52 bits per heavy atom. The molecule has 5 nitrogen and oxygen atoms in total. The second-order valence-electron chi connectivity index (χ2n) is 7.60. The summed E-state index contributed by atoms with van der Waals surface area (Å²) in [6, 6.07) is 14.0. The van der Waals surface area contributed by atoms with Gasteiger partial charge in [-0.05, 0) is 49.6 Å². The van der Waals surface area contributed by atoms with Crippen LogP contribution < -0.4 is 19.9 Å². The molecule has 1 aliphatic rings. The average Bonchev–Trinajstić information content (AvgIpc) is 3.66. The molecule has 0 bridgehead atoms. The first-order valence-electron chi connectivity index (χ1n) is 11.2. The van der Waals surface area contributed by atoms with Crippen molar-refractivity contribution in [2.75, 3.05) is 7.11 Å². The number of aromatic nitrogens is 2. The van der Waals surface area contributed by atoms with Gasteiger partial charge in [0.2, 0.25) is 6.20 Å². The lowest BCUT2D eigenvalue weighted by Gasteiger charge is -2.12. The van der Waals surface area contributed by atoms with Gasteiger partial charge in [-0.2, -0.15) is 4.39 Å². The maximum Gasteiger partial charge on any atom is 0.306 e. The maximum atomic E-state index is 14.1. The van der Waals surface area contributed by atoms with Crippen LogP contribution in [0.5, 0.6) is 5.75 Å². The van der Waals surface area contributed by atoms with Crippen LogP contribution in [0.1, 0.15) is 49.2 Å². The zero-order valence-corrected chi connectivity index (χ0v) is 19.6. The van der Waals surface area contributed by atoms with E-state index in [2.05, 4.69) is 11.8 Å². The largest absolute Gasteiger partial charge is 0.482 e. The minimum absolute atomic E-state index is 0.0627. The van der Waals surface area contributed by atoms with Crippen molar-refractivity contribution < 1.29 is 18.7 Å². The Morgan fingerprint density at radius 2 is 1.88 bits per heavy atom. The van der Waals surface area contributed by atoms with E-state index in [1.54, 1.807) is 22.9 Å². The van der Waals surface area contributed by atoms with Crippen LogP contribution >= 0.6 is 0 Å². The molecule has 0 amide bonds. The van der Waals surface area contributed by atoms with Gasteiger partial charge in [-0.25, -0.2) is 0 Å². The van der Waals surface area contributed by atoms with Gasteiger partial charge >= 0.3 is 5.69 Å². The number of rotatable bonds is 6. The second-order valence-corrected chi connectivity index (χ2v) is 7.60. The monoisotopic (exact) mass is 449 g/mol. The van der Waals surface area contributed by atoms with Crippen molar-refractivity contribution in [3.8, 4) is 17.6 Å². The van der Waals surface area contributed by atoms with Gasteiger partial charge in [0.1, 0.15) is 12.9 Å². The molecule has 6 heteroatoms. The molecule has 4 rings (SSSR count). The molecule has 3 aromatic rings. The van der Waals surface area contributed by atoms with E-state index in [0.29, 0.717) is 18.2 Å². The van der Waals surface area contributed by atoms with E-state index in [1.807, 2.05) is 45.0 Å². The topological polar surface area (TPSA) is 44.3 Å². The van der Waals surface area contributed by atoms with Crippen LogP contribution in [0.3, 0.4) is 0 Å². The maximum absolute atomic E-state index is 14.1. The number of nitrogens with zero attached hydrogens (tertiary/aromatic N) is 2. The number of halogens is 1. The summed E-state index contributed by atoms with van der Waals surface area (Å²) in [4.78, 5) is 17.8. The first-order valence-corrected chi connectivity index (χ1v) is 11.2. The van der Waals surface area contributed by atoms with Gasteiger partial charge < -0.3 is 9.30 Å². The van der Waals surface area contributed by atoms with E-state index in [0.717, 1.165) is 16.8 Å². The smallest absolute Gasteiger partial charge is 0.306 e. The van der Waals surface area contributed by atoms with Crippen molar-refractivity contribution >= 4 is 0 Å². The summed E-state index contributed by atoms with van der Waals surface area (Å²) < 4.78 is 22.7. The minimum Gasteiger partial charge on any atom is -0.482 e. The van der Waals surface area contributed by atoms with E-state index in [1.165, 1.54) is 36.8 Å². The number of pyridine rings is 2. The molecular formula is C27H30FN2O3+. The third kappa shape index (κ3) is 6.45. The van der Waals surface area contributed by atoms with E-state index >= 15 is 0 Å². The molecule has 0 saturated heterocycles. The molecule has 172 valence electrons. The number of hydrogen-bond donors (Lipinski definition) is 0. The molecule has 0 spiro atoms. The molecule has 0 unspecified atom stereocenters. The Balaban J connectivity index is 0.00000149. The summed E-state index contributed by atoms with van der Waals surface area (Å²) in [5.41, 5.74) is 2.82. The van der Waals surface area contributed by atoms with Crippen LogP contribution in [0.15, 0.2) is 59.5 Å². The molecule has 0 aliphatic heterocycles. The first kappa shape index (κ1) is 24.1. The molecule has 1 aromatic carbocycles. The van der Waals surface area contributed by atoms with Crippen molar-refractivity contribution in [1.29, 1.82) is 0 Å². The lowest BCUT2D eigenvalue weighted by Crippen LogP contribution is -2.45. The molecule has 1 aliphatic carbocycles. The highest BCUT2D eigenvalue weighted by atomic mass is 19.1. The highest BCUT2D eigenvalue weighted by Gasteiger charge is 2.19. The highest BCUT2D eigenvalue weighted by molar-refractivity contribution is 5.37. The van der Waals surface area contributed by atoms with Crippen LogP contribution in [0.4, 0.5) is 4.39 Å². The molecular weight excluding hydrogens is 419 g/mol. The Labute approximate surface area is 194 Å². The molecule has 33 heavy (non-hydrogen) atoms. The predicted molar refractivity (Wildman–Crippen MR) is 125 cm³/mol. The molecule has 0 N–H and O–H groups in total. The van der Waals surface area contributed by atoms with E-state index < -0.39 is 5.82 Å². The van der Waals surface area contributed by atoms with Gasteiger partial charge in [0, 0.05) is 34.0 Å². The van der Waals surface area contributed by atoms with Crippen molar-refractivity contribution in [3.05, 3.63) is 93.4 Å². The summed E-state index contributed by atoms with van der Waals surface area (Å²) in [5, 5.41) is 0. The standard InChI is InChI=1S/C25H24FN2O3.C2H6/c1-18-14-22(31-17-24-23(26)4-3-13-28(24)30-2)15-25(29)27(18)16-21-11-9-20(10-12-21)8-7-19-5-6-19;1-2/h3-4,9-15,19H,5-6,16-17H2,1-2H3;1-2H3/q+1;. The molecule has 2 aromatic heterocycles. The molecule has 1 saturated carbocycles. The number of hydrogen-bond acceptors (Lipinski definition) is 3. The fourth-order valence-corrected chi connectivity index (χ4v) is 3.23. The van der Waals surface area contributed by atoms with Crippen LogP contribution in [-0.4, -0.2) is 11.7 Å². The summed E-state index contributed by atoms with van der Waals surface area (Å²) in [6.07, 6.45) is 4.01. The third-order valence-electron chi connectivity index (χ3n) is 5.18. The molecule has 0 atom stereocenters. The number of aryl methyl sites for hydroxylation is 1. The number of ether oxygens (including phenoxy) is 1. The Kier molecular flexibility index (Phi) is 8.26. The Morgan fingerprint density at radius 1 is 1.15 bits per heavy atom. The SMILES string of the molecule is CC.CO[n+]1cccc(F)c1COc1cc(C)n(Cc2ccc(C#CC3CC3)cc2)c(=O)c1. The van der Waals surface area contributed by atoms with Gasteiger partial charge in [-0.3, -0.25) is 9.63 Å². The lowest BCUT2D eigenvalue weighted by atomic mass is 10.1. The Hall–Kier alpha value is -3.59. The molecule has 0 radical (unpaired) electrons. The molecule has 2 heterocycles. The van der Waals surface area contributed by atoms with Gasteiger partial charge in [0.25, 0.3) is 5.56 Å². The summed E-state index contributed by atoms with van der Waals surface area (Å²) >= 11 is 0. The highest BCUT2D eigenvalue weighted by Crippen LogP contribution is 2.27. The summed E-state index contributed by atoms with van der Waals surface area (Å²) in [5.74, 6) is 6.95. The quantitative estimate of drug-likeness (QED) is 0.421. The normalized spacial score (nSPS) is 12.2. The zero-order chi connectivity index (χ0) is 23.8. The van der Waals surface area contributed by atoms with Crippen molar-refractivity contribution in [2.45, 2.75) is 46.8 Å². The minimum atomic E-state index is -0.445. The first-order chi connectivity index (χ1) is 16.0. The predicted octanol–water partition coefficient (Wildman–Crippen LogP) is 4.06. The zero-order valence-electron chi connectivity index (χ0n) is 19.6. The number of benzene rings is 1. The fourth-order valence-electron chi connectivity index (χ4n) is 3.23. The summed E-state index contributed by atoms with van der Waals surface area (Å²) in [7, 11) is 1.44. The van der Waals surface area contributed by atoms with Gasteiger partial charge in [0.05, 0.1) is 6.54 Å². The lowest BCUT2D eigenvalue weighted by molar-refractivity contribution is -0.892. The van der Waals surface area contributed by atoms with Gasteiger partial charge in [-0.15, -0.1) is 0 Å². The van der Waals surface area contributed by atoms with Crippen LogP contribution in [0, 0.1) is 30.5 Å². The van der Waals surface area contributed by atoms with Crippen molar-refractivity contribution in [2.24, 2.45) is 5.92 Å². The van der Waals surface area contributed by atoms with E-state index in [-0.39, 0.29) is 17.9 Å². The average molecular weight is 450 g/mol. The van der Waals surface area contributed by atoms with Crippen LogP contribution in [0.2, 0.25) is 0 Å². The van der Waals surface area contributed by atoms with Crippen molar-refractivity contribution in [1.82, 2.24) is 4.57 Å². The van der Waals surface area contributed by atoms with E-state index in [9.17, 15) is 9.18 Å². The van der Waals surface area contributed by atoms with E-state index in [4.69, 9.17) is 9.57 Å². The van der Waals surface area contributed by atoms with Crippen LogP contribution in [-0.2, 0) is 13.2 Å². The fraction of sp³-hybridized carbons (Fsp3) is 0.333.